The van der Waals surface area contributed by atoms with Crippen LogP contribution < -0.4 is 5.73 Å². The quantitative estimate of drug-likeness (QED) is 0.780. The Morgan fingerprint density at radius 2 is 2.05 bits per heavy atom. The van der Waals surface area contributed by atoms with Crippen LogP contribution in [0.2, 0.25) is 10.0 Å². The molecule has 6 heteroatoms. The van der Waals surface area contributed by atoms with Crippen molar-refractivity contribution >= 4 is 40.2 Å². The maximum atomic E-state index is 11.6. The number of amides is 1. The molecule has 0 fully saturated rings. The number of benzene rings is 1. The fourth-order valence-electron chi connectivity index (χ4n) is 2.07. The Morgan fingerprint density at radius 1 is 1.25 bits per heavy atom. The minimum Gasteiger partial charge on any atom is -0.432 e. The molecular weight excluding hydrogens is 299 g/mol. The zero-order valence-electron chi connectivity index (χ0n) is 10.1. The number of rotatable bonds is 2. The molecule has 1 aromatic carbocycles. The molecule has 2 heterocycles. The van der Waals surface area contributed by atoms with E-state index < -0.39 is 5.91 Å². The lowest BCUT2D eigenvalue weighted by Gasteiger charge is -2.04. The number of halogens is 2. The van der Waals surface area contributed by atoms with E-state index in [-0.39, 0.29) is 5.76 Å². The Kier molecular flexibility index (Phi) is 3.12. The lowest BCUT2D eigenvalue weighted by atomic mass is 10.0. The fraction of sp³-hybridized carbons (Fsp3) is 0. The molecule has 0 aliphatic carbocycles. The van der Waals surface area contributed by atoms with E-state index in [1.165, 1.54) is 0 Å². The molecule has 2 aromatic heterocycles. The summed E-state index contributed by atoms with van der Waals surface area (Å²) in [5.74, 6) is -0.646. The highest BCUT2D eigenvalue weighted by Gasteiger charge is 2.22. The Morgan fingerprint density at radius 3 is 2.75 bits per heavy atom. The van der Waals surface area contributed by atoms with Crippen LogP contribution in [0.3, 0.4) is 0 Å². The van der Waals surface area contributed by atoms with Gasteiger partial charge in [0.05, 0.1) is 5.02 Å². The second-order valence-electron chi connectivity index (χ2n) is 4.15. The summed E-state index contributed by atoms with van der Waals surface area (Å²) in [5.41, 5.74) is 6.85. The van der Waals surface area contributed by atoms with Crippen LogP contribution in [-0.4, -0.2) is 10.9 Å². The topological polar surface area (TPSA) is 69.1 Å². The molecule has 3 aromatic rings. The van der Waals surface area contributed by atoms with Gasteiger partial charge in [0.15, 0.2) is 0 Å². The number of nitrogens with two attached hydrogens (primary N) is 1. The Balaban J connectivity index is 2.39. The maximum absolute atomic E-state index is 11.6. The SMILES string of the molecule is NC(=O)c1oc2ncccc2c1-c1ccc(Cl)cc1Cl. The smallest absolute Gasteiger partial charge is 0.285 e. The van der Waals surface area contributed by atoms with E-state index in [4.69, 9.17) is 33.4 Å². The van der Waals surface area contributed by atoms with E-state index in [1.807, 2.05) is 0 Å². The van der Waals surface area contributed by atoms with Crippen LogP contribution in [0.5, 0.6) is 0 Å². The number of fused-ring (bicyclic) bond motifs is 1. The third-order valence-corrected chi connectivity index (χ3v) is 3.44. The van der Waals surface area contributed by atoms with Gasteiger partial charge in [0, 0.05) is 27.7 Å². The van der Waals surface area contributed by atoms with Crippen molar-refractivity contribution in [3.05, 3.63) is 52.3 Å². The summed E-state index contributed by atoms with van der Waals surface area (Å²) in [5, 5.41) is 1.59. The van der Waals surface area contributed by atoms with E-state index in [0.29, 0.717) is 32.3 Å². The van der Waals surface area contributed by atoms with Gasteiger partial charge in [-0.15, -0.1) is 0 Å². The van der Waals surface area contributed by atoms with Gasteiger partial charge in [-0.25, -0.2) is 4.98 Å². The number of nitrogens with zero attached hydrogens (tertiary/aromatic N) is 1. The summed E-state index contributed by atoms with van der Waals surface area (Å²) in [6.07, 6.45) is 1.57. The third kappa shape index (κ3) is 2.03. The maximum Gasteiger partial charge on any atom is 0.285 e. The summed E-state index contributed by atoms with van der Waals surface area (Å²) in [7, 11) is 0. The predicted molar refractivity (Wildman–Crippen MR) is 78.0 cm³/mol. The van der Waals surface area contributed by atoms with Gasteiger partial charge in [0.2, 0.25) is 11.5 Å². The molecule has 20 heavy (non-hydrogen) atoms. The standard InChI is InChI=1S/C14H8Cl2N2O2/c15-7-3-4-8(10(16)6-7)11-9-2-1-5-18-14(9)20-12(11)13(17)19/h1-6H,(H2,17,19). The molecule has 4 nitrogen and oxygen atoms in total. The Labute approximate surface area is 124 Å². The first-order chi connectivity index (χ1) is 9.58. The number of carbonyl (C=O) groups is 1. The monoisotopic (exact) mass is 306 g/mol. The van der Waals surface area contributed by atoms with Gasteiger partial charge in [0.25, 0.3) is 5.91 Å². The molecule has 0 spiro atoms. The van der Waals surface area contributed by atoms with Gasteiger partial charge in [-0.05, 0) is 24.3 Å². The molecule has 0 saturated heterocycles. The van der Waals surface area contributed by atoms with Crippen molar-refractivity contribution in [2.24, 2.45) is 5.73 Å². The predicted octanol–water partition coefficient (Wildman–Crippen LogP) is 3.90. The van der Waals surface area contributed by atoms with E-state index in [2.05, 4.69) is 4.98 Å². The summed E-state index contributed by atoms with van der Waals surface area (Å²) in [4.78, 5) is 15.6. The molecule has 3 rings (SSSR count). The molecular formula is C14H8Cl2N2O2. The van der Waals surface area contributed by atoms with Crippen molar-refractivity contribution in [2.75, 3.05) is 0 Å². The van der Waals surface area contributed by atoms with Gasteiger partial charge in [-0.2, -0.15) is 0 Å². The average Bonchev–Trinajstić information content (AvgIpc) is 2.78. The van der Waals surface area contributed by atoms with Gasteiger partial charge in [0.1, 0.15) is 0 Å². The number of furan rings is 1. The molecule has 0 unspecified atom stereocenters. The number of hydrogen-bond acceptors (Lipinski definition) is 3. The summed E-state index contributed by atoms with van der Waals surface area (Å²) in [6, 6.07) is 8.53. The summed E-state index contributed by atoms with van der Waals surface area (Å²) in [6.45, 7) is 0. The molecule has 2 N–H and O–H groups in total. The van der Waals surface area contributed by atoms with Crippen molar-refractivity contribution in [1.29, 1.82) is 0 Å². The fourth-order valence-corrected chi connectivity index (χ4v) is 2.57. The molecule has 0 aliphatic heterocycles. The lowest BCUT2D eigenvalue weighted by molar-refractivity contribution is 0.0976. The van der Waals surface area contributed by atoms with Gasteiger partial charge in [-0.3, -0.25) is 4.79 Å². The van der Waals surface area contributed by atoms with Crippen LogP contribution in [-0.2, 0) is 0 Å². The van der Waals surface area contributed by atoms with Crippen molar-refractivity contribution in [2.45, 2.75) is 0 Å². The number of aromatic nitrogens is 1. The first kappa shape index (κ1) is 13.0. The van der Waals surface area contributed by atoms with Gasteiger partial charge < -0.3 is 10.2 Å². The summed E-state index contributed by atoms with van der Waals surface area (Å²) < 4.78 is 5.42. The zero-order valence-corrected chi connectivity index (χ0v) is 11.6. The van der Waals surface area contributed by atoms with Gasteiger partial charge in [-0.1, -0.05) is 29.3 Å². The normalized spacial score (nSPS) is 10.9. The molecule has 0 atom stereocenters. The van der Waals surface area contributed by atoms with E-state index in [1.54, 1.807) is 36.5 Å². The minimum absolute atomic E-state index is 0.0305. The van der Waals surface area contributed by atoms with Gasteiger partial charge >= 0.3 is 0 Å². The molecule has 100 valence electrons. The lowest BCUT2D eigenvalue weighted by Crippen LogP contribution is -2.10. The van der Waals surface area contributed by atoms with E-state index in [0.717, 1.165) is 0 Å². The van der Waals surface area contributed by atoms with Crippen LogP contribution in [0.25, 0.3) is 22.2 Å². The molecule has 0 aliphatic rings. The summed E-state index contributed by atoms with van der Waals surface area (Å²) >= 11 is 12.1. The van der Waals surface area contributed by atoms with Crippen LogP contribution in [0.1, 0.15) is 10.6 Å². The number of primary amides is 1. The highest BCUT2D eigenvalue weighted by molar-refractivity contribution is 6.37. The number of carbonyl (C=O) groups excluding carboxylic acids is 1. The van der Waals surface area contributed by atoms with Crippen LogP contribution in [0, 0.1) is 0 Å². The second-order valence-corrected chi connectivity index (χ2v) is 4.99. The second kappa shape index (κ2) is 4.81. The number of hydrogen-bond donors (Lipinski definition) is 1. The van der Waals surface area contributed by atoms with E-state index >= 15 is 0 Å². The van der Waals surface area contributed by atoms with Crippen molar-refractivity contribution in [3.8, 4) is 11.1 Å². The molecule has 1 amide bonds. The third-order valence-electron chi connectivity index (χ3n) is 2.89. The first-order valence-corrected chi connectivity index (χ1v) is 6.46. The van der Waals surface area contributed by atoms with Crippen molar-refractivity contribution in [1.82, 2.24) is 4.98 Å². The van der Waals surface area contributed by atoms with Crippen molar-refractivity contribution < 1.29 is 9.21 Å². The molecule has 0 bridgehead atoms. The highest BCUT2D eigenvalue weighted by atomic mass is 35.5. The van der Waals surface area contributed by atoms with Crippen LogP contribution >= 0.6 is 23.2 Å². The van der Waals surface area contributed by atoms with E-state index in [9.17, 15) is 4.79 Å². The zero-order chi connectivity index (χ0) is 14.3. The van der Waals surface area contributed by atoms with Crippen molar-refractivity contribution in [3.63, 3.8) is 0 Å². The van der Waals surface area contributed by atoms with Crippen LogP contribution in [0.4, 0.5) is 0 Å². The minimum atomic E-state index is -0.677. The molecule has 0 radical (unpaired) electrons. The highest BCUT2D eigenvalue weighted by Crippen LogP contribution is 2.38. The molecule has 0 saturated carbocycles. The first-order valence-electron chi connectivity index (χ1n) is 5.70. The average molecular weight is 307 g/mol. The van der Waals surface area contributed by atoms with Crippen LogP contribution in [0.15, 0.2) is 40.9 Å². The Bertz CT molecular complexity index is 827. The Hall–Kier alpha value is -2.04. The largest absolute Gasteiger partial charge is 0.432 e. The number of pyridine rings is 1.